The molecule has 0 atom stereocenters. The molecule has 0 saturated carbocycles. The summed E-state index contributed by atoms with van der Waals surface area (Å²) in [7, 11) is 0. The molecule has 0 aliphatic heterocycles. The highest BCUT2D eigenvalue weighted by Gasteiger charge is 2.06. The van der Waals surface area contributed by atoms with Crippen LogP contribution in [0.4, 0.5) is 0 Å². The molecule has 0 radical (unpaired) electrons. The summed E-state index contributed by atoms with van der Waals surface area (Å²) in [5.41, 5.74) is 2.29. The Balaban J connectivity index is 2.04. The van der Waals surface area contributed by atoms with E-state index in [-0.39, 0.29) is 0 Å². The zero-order valence-corrected chi connectivity index (χ0v) is 10.9. The normalized spacial score (nSPS) is 10.4. The van der Waals surface area contributed by atoms with Crippen LogP contribution >= 0.6 is 0 Å². The Morgan fingerprint density at radius 2 is 2.15 bits per heavy atom. The summed E-state index contributed by atoms with van der Waals surface area (Å²) in [6, 6.07) is 11.3. The number of rotatable bonds is 3. The van der Waals surface area contributed by atoms with Crippen molar-refractivity contribution in [2.24, 2.45) is 0 Å². The largest absolute Gasteiger partial charge is 0.492 e. The van der Waals surface area contributed by atoms with E-state index >= 15 is 0 Å². The third-order valence-electron chi connectivity index (χ3n) is 2.95. The number of pyridine rings is 1. The molecule has 2 aromatic heterocycles. The third kappa shape index (κ3) is 2.08. The summed E-state index contributed by atoms with van der Waals surface area (Å²) in [4.78, 5) is 8.67. The van der Waals surface area contributed by atoms with Gasteiger partial charge in [0.05, 0.1) is 35.5 Å². The van der Waals surface area contributed by atoms with E-state index in [0.29, 0.717) is 12.2 Å². The maximum Gasteiger partial charge on any atom is 0.138 e. The lowest BCUT2D eigenvalue weighted by Gasteiger charge is -2.05. The zero-order valence-electron chi connectivity index (χ0n) is 10.9. The van der Waals surface area contributed by atoms with Crippen molar-refractivity contribution in [2.45, 2.75) is 6.92 Å². The topological polar surface area (TPSA) is 63.7 Å². The number of hydrogen-bond donors (Lipinski definition) is 0. The molecule has 2 heterocycles. The SMILES string of the molecule is CCOc1ccc(-n2cnc3cc(C#N)ccc32)nc1. The molecule has 98 valence electrons. The summed E-state index contributed by atoms with van der Waals surface area (Å²) in [5, 5.41) is 8.89. The molecule has 0 amide bonds. The van der Waals surface area contributed by atoms with E-state index in [1.807, 2.05) is 29.7 Å². The van der Waals surface area contributed by atoms with E-state index in [1.54, 1.807) is 24.7 Å². The molecular weight excluding hydrogens is 252 g/mol. The van der Waals surface area contributed by atoms with Gasteiger partial charge in [0.25, 0.3) is 0 Å². The van der Waals surface area contributed by atoms with Gasteiger partial charge in [0.1, 0.15) is 17.9 Å². The number of nitriles is 1. The molecule has 20 heavy (non-hydrogen) atoms. The number of nitrogens with zero attached hydrogens (tertiary/aromatic N) is 4. The summed E-state index contributed by atoms with van der Waals surface area (Å²) in [5.74, 6) is 1.51. The maximum atomic E-state index is 8.89. The first-order valence-electron chi connectivity index (χ1n) is 6.28. The van der Waals surface area contributed by atoms with E-state index in [9.17, 15) is 0 Å². The van der Waals surface area contributed by atoms with Crippen molar-refractivity contribution < 1.29 is 4.74 Å². The van der Waals surface area contributed by atoms with Gasteiger partial charge >= 0.3 is 0 Å². The predicted octanol–water partition coefficient (Wildman–Crippen LogP) is 2.69. The Labute approximate surface area is 116 Å². The fourth-order valence-electron chi connectivity index (χ4n) is 2.03. The van der Waals surface area contributed by atoms with Gasteiger partial charge in [0.2, 0.25) is 0 Å². The van der Waals surface area contributed by atoms with Crippen LogP contribution < -0.4 is 4.74 Å². The average molecular weight is 264 g/mol. The minimum absolute atomic E-state index is 0.599. The molecule has 0 saturated heterocycles. The van der Waals surface area contributed by atoms with Crippen LogP contribution in [0, 0.1) is 11.3 Å². The average Bonchev–Trinajstić information content (AvgIpc) is 2.91. The molecule has 1 aromatic carbocycles. The van der Waals surface area contributed by atoms with Gasteiger partial charge in [-0.2, -0.15) is 5.26 Å². The van der Waals surface area contributed by atoms with E-state index in [1.165, 1.54) is 0 Å². The number of ether oxygens (including phenoxy) is 1. The molecule has 3 aromatic rings. The van der Waals surface area contributed by atoms with Gasteiger partial charge in [-0.1, -0.05) is 0 Å². The van der Waals surface area contributed by atoms with Crippen LogP contribution in [0.25, 0.3) is 16.9 Å². The van der Waals surface area contributed by atoms with Gasteiger partial charge in [-0.3, -0.25) is 4.57 Å². The van der Waals surface area contributed by atoms with Crippen molar-refractivity contribution in [1.29, 1.82) is 5.26 Å². The van der Waals surface area contributed by atoms with Crippen molar-refractivity contribution >= 4 is 11.0 Å². The van der Waals surface area contributed by atoms with Gasteiger partial charge < -0.3 is 4.74 Å². The second-order valence-electron chi connectivity index (χ2n) is 4.21. The van der Waals surface area contributed by atoms with E-state index in [4.69, 9.17) is 10.00 Å². The Morgan fingerprint density at radius 1 is 1.25 bits per heavy atom. The second-order valence-corrected chi connectivity index (χ2v) is 4.21. The van der Waals surface area contributed by atoms with Crippen LogP contribution in [0.2, 0.25) is 0 Å². The number of aromatic nitrogens is 3. The molecule has 0 aliphatic carbocycles. The number of benzene rings is 1. The lowest BCUT2D eigenvalue weighted by molar-refractivity contribution is 0.339. The van der Waals surface area contributed by atoms with Crippen molar-refractivity contribution in [2.75, 3.05) is 6.61 Å². The van der Waals surface area contributed by atoms with Crippen LogP contribution in [0.15, 0.2) is 42.9 Å². The molecule has 0 aliphatic rings. The summed E-state index contributed by atoms with van der Waals surface area (Å²) in [6.07, 6.45) is 3.39. The number of imidazole rings is 1. The van der Waals surface area contributed by atoms with Crippen molar-refractivity contribution in [1.82, 2.24) is 14.5 Å². The van der Waals surface area contributed by atoms with Crippen molar-refractivity contribution in [3.05, 3.63) is 48.4 Å². The van der Waals surface area contributed by atoms with Gasteiger partial charge in [-0.15, -0.1) is 0 Å². The Morgan fingerprint density at radius 3 is 2.85 bits per heavy atom. The van der Waals surface area contributed by atoms with Gasteiger partial charge in [0, 0.05) is 0 Å². The molecule has 0 N–H and O–H groups in total. The molecule has 3 rings (SSSR count). The van der Waals surface area contributed by atoms with Crippen LogP contribution in [0.3, 0.4) is 0 Å². The molecule has 0 fully saturated rings. The lowest BCUT2D eigenvalue weighted by atomic mass is 10.2. The minimum atomic E-state index is 0.599. The monoisotopic (exact) mass is 264 g/mol. The minimum Gasteiger partial charge on any atom is -0.492 e. The first-order chi connectivity index (χ1) is 9.81. The highest BCUT2D eigenvalue weighted by molar-refractivity contribution is 5.78. The van der Waals surface area contributed by atoms with Crippen LogP contribution in [-0.4, -0.2) is 21.1 Å². The highest BCUT2D eigenvalue weighted by Crippen LogP contribution is 2.19. The third-order valence-corrected chi connectivity index (χ3v) is 2.95. The number of fused-ring (bicyclic) bond motifs is 1. The molecule has 0 unspecified atom stereocenters. The van der Waals surface area contributed by atoms with E-state index in [2.05, 4.69) is 16.0 Å². The Bertz CT molecular complexity index is 784. The van der Waals surface area contributed by atoms with E-state index < -0.39 is 0 Å². The molecule has 5 nitrogen and oxygen atoms in total. The van der Waals surface area contributed by atoms with Gasteiger partial charge in [-0.05, 0) is 37.3 Å². The summed E-state index contributed by atoms with van der Waals surface area (Å²) >= 11 is 0. The van der Waals surface area contributed by atoms with Crippen molar-refractivity contribution in [3.8, 4) is 17.6 Å². The quantitative estimate of drug-likeness (QED) is 0.729. The Kier molecular flexibility index (Phi) is 3.05. The first kappa shape index (κ1) is 12.2. The molecular formula is C15H12N4O. The van der Waals surface area contributed by atoms with Crippen molar-refractivity contribution in [3.63, 3.8) is 0 Å². The second kappa shape index (κ2) is 5.02. The standard InChI is InChI=1S/C15H12N4O/c1-2-20-12-4-6-15(17-9-12)19-10-18-13-7-11(8-16)3-5-14(13)19/h3-7,9-10H,2H2,1H3. The van der Waals surface area contributed by atoms with Gasteiger partial charge in [-0.25, -0.2) is 9.97 Å². The summed E-state index contributed by atoms with van der Waals surface area (Å²) in [6.45, 7) is 2.55. The van der Waals surface area contributed by atoms with Gasteiger partial charge in [0.15, 0.2) is 0 Å². The van der Waals surface area contributed by atoms with E-state index in [0.717, 1.165) is 22.6 Å². The predicted molar refractivity (Wildman–Crippen MR) is 74.7 cm³/mol. The maximum absolute atomic E-state index is 8.89. The first-order valence-corrected chi connectivity index (χ1v) is 6.28. The fraction of sp³-hybridized carbons (Fsp3) is 0.133. The summed E-state index contributed by atoms with van der Waals surface area (Å²) < 4.78 is 7.25. The van der Waals surface area contributed by atoms with Crippen LogP contribution in [0.5, 0.6) is 5.75 Å². The Hall–Kier alpha value is -2.87. The highest BCUT2D eigenvalue weighted by atomic mass is 16.5. The fourth-order valence-corrected chi connectivity index (χ4v) is 2.03. The van der Waals surface area contributed by atoms with Crippen LogP contribution in [0.1, 0.15) is 12.5 Å². The molecule has 0 spiro atoms. The number of hydrogen-bond acceptors (Lipinski definition) is 4. The lowest BCUT2D eigenvalue weighted by Crippen LogP contribution is -1.97. The molecule has 0 bridgehead atoms. The molecule has 5 heteroatoms. The smallest absolute Gasteiger partial charge is 0.138 e. The zero-order chi connectivity index (χ0) is 13.9. The van der Waals surface area contributed by atoms with Crippen LogP contribution in [-0.2, 0) is 0 Å².